The zero-order valence-corrected chi connectivity index (χ0v) is 8.57. The lowest BCUT2D eigenvalue weighted by atomic mass is 10.5. The van der Waals surface area contributed by atoms with Crippen molar-refractivity contribution >= 4 is 16.0 Å². The summed E-state index contributed by atoms with van der Waals surface area (Å²) in [5.41, 5.74) is 0. The van der Waals surface area contributed by atoms with Gasteiger partial charge in [0, 0.05) is 6.20 Å². The van der Waals surface area contributed by atoms with Crippen molar-refractivity contribution in [3.8, 4) is 0 Å². The molecule has 0 atom stereocenters. The normalized spacial score (nSPS) is 11.3. The summed E-state index contributed by atoms with van der Waals surface area (Å²) in [5, 5.41) is 5.04. The van der Waals surface area contributed by atoms with Crippen LogP contribution in [0.4, 0.5) is 10.3 Å². The van der Waals surface area contributed by atoms with Crippen LogP contribution < -0.4 is 4.72 Å². The van der Waals surface area contributed by atoms with Crippen molar-refractivity contribution in [2.75, 3.05) is 4.72 Å². The molecule has 2 rings (SSSR count). The van der Waals surface area contributed by atoms with Gasteiger partial charge < -0.3 is 0 Å². The lowest BCUT2D eigenvalue weighted by molar-refractivity contribution is 0.556. The number of rotatable bonds is 3. The summed E-state index contributed by atoms with van der Waals surface area (Å²) in [5.74, 6) is -1.04. The molecule has 2 N–H and O–H groups in total. The zero-order chi connectivity index (χ0) is 11.6. The summed E-state index contributed by atoms with van der Waals surface area (Å²) < 4.78 is 38.4. The van der Waals surface area contributed by atoms with Gasteiger partial charge in [0.25, 0.3) is 10.0 Å². The van der Waals surface area contributed by atoms with Gasteiger partial charge in [0.05, 0.1) is 0 Å². The zero-order valence-electron chi connectivity index (χ0n) is 7.75. The maximum Gasteiger partial charge on any atom is 0.284 e. The van der Waals surface area contributed by atoms with Gasteiger partial charge in [0.15, 0.2) is 5.82 Å². The number of pyridine rings is 1. The smallest absolute Gasteiger partial charge is 0.246 e. The van der Waals surface area contributed by atoms with Crippen molar-refractivity contribution in [1.82, 2.24) is 20.2 Å². The highest BCUT2D eigenvalue weighted by Crippen LogP contribution is 2.12. The molecule has 2 aromatic heterocycles. The lowest BCUT2D eigenvalue weighted by Gasteiger charge is -2.03. The summed E-state index contributed by atoms with van der Waals surface area (Å²) in [7, 11) is -4.08. The Hall–Kier alpha value is -2.03. The Labute approximate surface area is 89.8 Å². The number of nitrogens with one attached hydrogen (secondary N) is 2. The van der Waals surface area contributed by atoms with Crippen molar-refractivity contribution in [1.29, 1.82) is 0 Å². The average Bonchev–Trinajstić information content (AvgIpc) is 2.70. The molecule has 0 amide bonds. The van der Waals surface area contributed by atoms with Crippen LogP contribution in [0.2, 0.25) is 0 Å². The predicted molar refractivity (Wildman–Crippen MR) is 51.4 cm³/mol. The van der Waals surface area contributed by atoms with Gasteiger partial charge in [-0.3, -0.25) is 0 Å². The molecular formula is C7H6FN5O2S. The minimum absolute atomic E-state index is 0.106. The first-order chi connectivity index (χ1) is 7.59. The van der Waals surface area contributed by atoms with Crippen LogP contribution in [0.25, 0.3) is 0 Å². The Morgan fingerprint density at radius 2 is 2.19 bits per heavy atom. The molecule has 7 nitrogen and oxygen atoms in total. The van der Waals surface area contributed by atoms with Gasteiger partial charge in [0.1, 0.15) is 6.33 Å². The van der Waals surface area contributed by atoms with Crippen molar-refractivity contribution in [3.63, 3.8) is 0 Å². The van der Waals surface area contributed by atoms with E-state index in [4.69, 9.17) is 0 Å². The molecule has 0 aliphatic heterocycles. The third-order valence-electron chi connectivity index (χ3n) is 1.63. The number of aromatic nitrogens is 4. The molecule has 9 heteroatoms. The number of aromatic amines is 1. The van der Waals surface area contributed by atoms with Gasteiger partial charge in [0.2, 0.25) is 11.0 Å². The maximum atomic E-state index is 13.2. The maximum absolute atomic E-state index is 13.2. The quantitative estimate of drug-likeness (QED) is 0.798. The van der Waals surface area contributed by atoms with Crippen LogP contribution in [0.3, 0.4) is 0 Å². The highest BCUT2D eigenvalue weighted by atomic mass is 32.2. The van der Waals surface area contributed by atoms with Crippen LogP contribution >= 0.6 is 0 Å². The minimum atomic E-state index is -4.08. The van der Waals surface area contributed by atoms with E-state index in [1.54, 1.807) is 0 Å². The molecule has 0 aliphatic rings. The number of hydrogen-bond donors (Lipinski definition) is 2. The van der Waals surface area contributed by atoms with Gasteiger partial charge in [-0.25, -0.2) is 19.2 Å². The van der Waals surface area contributed by atoms with E-state index in [2.05, 4.69) is 20.2 Å². The van der Waals surface area contributed by atoms with E-state index in [1.807, 2.05) is 4.72 Å². The molecule has 2 aromatic rings. The van der Waals surface area contributed by atoms with Gasteiger partial charge in [-0.05, 0) is 12.1 Å². The Balaban J connectivity index is 2.37. The molecule has 0 saturated carbocycles. The highest BCUT2D eigenvalue weighted by molar-refractivity contribution is 7.92. The van der Waals surface area contributed by atoms with Crippen molar-refractivity contribution in [2.24, 2.45) is 0 Å². The molecule has 0 aliphatic carbocycles. The van der Waals surface area contributed by atoms with Gasteiger partial charge in [-0.2, -0.15) is 18.5 Å². The van der Waals surface area contributed by atoms with Crippen LogP contribution in [0.1, 0.15) is 0 Å². The Morgan fingerprint density at radius 1 is 1.38 bits per heavy atom. The monoisotopic (exact) mass is 243 g/mol. The van der Waals surface area contributed by atoms with Gasteiger partial charge in [-0.15, -0.1) is 0 Å². The third-order valence-corrected chi connectivity index (χ3v) is 2.90. The number of H-pyrrole nitrogens is 1. The van der Waals surface area contributed by atoms with E-state index in [0.717, 1.165) is 12.4 Å². The Kier molecular flexibility index (Phi) is 2.52. The molecule has 2 heterocycles. The molecule has 0 spiro atoms. The number of anilines is 1. The van der Waals surface area contributed by atoms with Gasteiger partial charge >= 0.3 is 0 Å². The van der Waals surface area contributed by atoms with Crippen molar-refractivity contribution in [3.05, 3.63) is 30.5 Å². The van der Waals surface area contributed by atoms with Crippen LogP contribution in [0.15, 0.2) is 29.7 Å². The second kappa shape index (κ2) is 3.85. The Morgan fingerprint density at radius 3 is 2.81 bits per heavy atom. The van der Waals surface area contributed by atoms with E-state index in [9.17, 15) is 12.8 Å². The Bertz CT molecular complexity index is 583. The van der Waals surface area contributed by atoms with E-state index < -0.39 is 20.9 Å². The first kappa shape index (κ1) is 10.5. The fourth-order valence-electron chi connectivity index (χ4n) is 0.999. The summed E-state index contributed by atoms with van der Waals surface area (Å²) in [6.07, 6.45) is 2.30. The summed E-state index contributed by atoms with van der Waals surface area (Å²) in [4.78, 5) is 6.99. The second-order valence-corrected chi connectivity index (χ2v) is 4.33. The van der Waals surface area contributed by atoms with Gasteiger partial charge in [-0.1, -0.05) is 0 Å². The number of halogens is 1. The molecule has 0 saturated heterocycles. The first-order valence-corrected chi connectivity index (χ1v) is 5.56. The minimum Gasteiger partial charge on any atom is -0.246 e. The summed E-state index contributed by atoms with van der Waals surface area (Å²) in [6, 6.07) is 2.30. The van der Waals surface area contributed by atoms with Crippen molar-refractivity contribution in [2.45, 2.75) is 5.03 Å². The van der Waals surface area contributed by atoms with E-state index in [-0.39, 0.29) is 5.95 Å². The largest absolute Gasteiger partial charge is 0.284 e. The molecule has 0 radical (unpaired) electrons. The number of hydrogen-bond acceptors (Lipinski definition) is 5. The number of nitrogens with zero attached hydrogens (tertiary/aromatic N) is 3. The molecule has 0 aromatic carbocycles. The molecular weight excluding hydrogens is 237 g/mol. The lowest BCUT2D eigenvalue weighted by Crippen LogP contribution is -2.17. The summed E-state index contributed by atoms with van der Waals surface area (Å²) in [6.45, 7) is 0. The standard InChI is InChI=1S/C7H6FN5O2S/c8-5-2-1-3-9-6(5)16(14,15)13-7-10-4-11-12-7/h1-4H,(H2,10,11,12,13). The average molecular weight is 243 g/mol. The topological polar surface area (TPSA) is 101 Å². The fourth-order valence-corrected chi connectivity index (χ4v) is 1.97. The molecule has 0 fully saturated rings. The van der Waals surface area contributed by atoms with Crippen LogP contribution in [-0.2, 0) is 10.0 Å². The number of sulfonamides is 1. The molecule has 0 bridgehead atoms. The van der Waals surface area contributed by atoms with E-state index >= 15 is 0 Å². The highest BCUT2D eigenvalue weighted by Gasteiger charge is 2.21. The third kappa shape index (κ3) is 1.98. The van der Waals surface area contributed by atoms with E-state index in [1.165, 1.54) is 12.3 Å². The second-order valence-electron chi connectivity index (χ2n) is 2.73. The summed E-state index contributed by atoms with van der Waals surface area (Å²) >= 11 is 0. The van der Waals surface area contributed by atoms with Crippen molar-refractivity contribution < 1.29 is 12.8 Å². The van der Waals surface area contributed by atoms with Crippen LogP contribution in [0, 0.1) is 5.82 Å². The molecule has 0 unspecified atom stereocenters. The van der Waals surface area contributed by atoms with Crippen LogP contribution in [0.5, 0.6) is 0 Å². The SMILES string of the molecule is O=S(=O)(Nc1ncn[nH]1)c1ncccc1F. The fraction of sp³-hybridized carbons (Fsp3) is 0. The molecule has 84 valence electrons. The van der Waals surface area contributed by atoms with E-state index in [0.29, 0.717) is 0 Å². The van der Waals surface area contributed by atoms with Crippen LogP contribution in [-0.4, -0.2) is 28.6 Å². The predicted octanol–water partition coefficient (Wildman–Crippen LogP) is 0.140. The molecule has 16 heavy (non-hydrogen) atoms. The first-order valence-electron chi connectivity index (χ1n) is 4.08.